The molecule has 1 aromatic heterocycles. The van der Waals surface area contributed by atoms with Gasteiger partial charge in [-0.3, -0.25) is 0 Å². The quantitative estimate of drug-likeness (QED) is 0.751. The highest BCUT2D eigenvalue weighted by Gasteiger charge is 1.96. The third kappa shape index (κ3) is 2.50. The van der Waals surface area contributed by atoms with Gasteiger partial charge in [0.05, 0.1) is 5.69 Å². The Morgan fingerprint density at radius 2 is 2.36 bits per heavy atom. The number of aryl methyl sites for hydroxylation is 1. The Labute approximate surface area is 71.7 Å². The summed E-state index contributed by atoms with van der Waals surface area (Å²) in [4.78, 5) is 4.37. The lowest BCUT2D eigenvalue weighted by Crippen LogP contribution is -1.98. The fourth-order valence-corrected chi connectivity index (χ4v) is 1.60. The second-order valence-corrected chi connectivity index (χ2v) is 3.28. The number of anilines is 1. The van der Waals surface area contributed by atoms with Gasteiger partial charge < -0.3 is 5.32 Å². The highest BCUT2D eigenvalue weighted by Crippen LogP contribution is 2.15. The van der Waals surface area contributed by atoms with Crippen LogP contribution in [0.4, 0.5) is 5.13 Å². The Hall–Kier alpha value is -0.570. The van der Waals surface area contributed by atoms with Gasteiger partial charge in [-0.1, -0.05) is 13.8 Å². The molecule has 62 valence electrons. The number of nitrogens with zero attached hydrogens (tertiary/aromatic N) is 1. The van der Waals surface area contributed by atoms with Gasteiger partial charge in [0.25, 0.3) is 0 Å². The molecule has 1 heterocycles. The van der Waals surface area contributed by atoms with Crippen LogP contribution < -0.4 is 5.32 Å². The van der Waals surface area contributed by atoms with E-state index in [1.165, 1.54) is 5.69 Å². The third-order valence-electron chi connectivity index (χ3n) is 1.44. The molecule has 0 aliphatic carbocycles. The van der Waals surface area contributed by atoms with Crippen molar-refractivity contribution in [3.63, 3.8) is 0 Å². The summed E-state index contributed by atoms with van der Waals surface area (Å²) in [6.07, 6.45) is 2.19. The standard InChI is InChI=1S/C8H14N2S/c1-3-5-9-8-10-7(4-2)6-11-8/h6H,3-5H2,1-2H3,(H,9,10). The molecule has 0 aromatic carbocycles. The van der Waals surface area contributed by atoms with E-state index < -0.39 is 0 Å². The van der Waals surface area contributed by atoms with Crippen LogP contribution in [0.3, 0.4) is 0 Å². The van der Waals surface area contributed by atoms with Gasteiger partial charge in [-0.25, -0.2) is 4.98 Å². The van der Waals surface area contributed by atoms with E-state index in [-0.39, 0.29) is 0 Å². The lowest BCUT2D eigenvalue weighted by molar-refractivity contribution is 0.969. The monoisotopic (exact) mass is 170 g/mol. The lowest BCUT2D eigenvalue weighted by Gasteiger charge is -1.96. The first-order chi connectivity index (χ1) is 5.36. The molecule has 3 heteroatoms. The second-order valence-electron chi connectivity index (χ2n) is 2.42. The molecule has 0 unspecified atom stereocenters. The van der Waals surface area contributed by atoms with Gasteiger partial charge >= 0.3 is 0 Å². The number of hydrogen-bond donors (Lipinski definition) is 1. The first kappa shape index (κ1) is 8.53. The summed E-state index contributed by atoms with van der Waals surface area (Å²) in [6, 6.07) is 0. The topological polar surface area (TPSA) is 24.9 Å². The molecule has 0 spiro atoms. The van der Waals surface area contributed by atoms with E-state index in [0.29, 0.717) is 0 Å². The Kier molecular flexibility index (Phi) is 3.36. The largest absolute Gasteiger partial charge is 0.362 e. The molecule has 1 aromatic rings. The van der Waals surface area contributed by atoms with Gasteiger partial charge in [-0.05, 0) is 12.8 Å². The molecular formula is C8H14N2S. The molecule has 0 aliphatic heterocycles. The third-order valence-corrected chi connectivity index (χ3v) is 2.29. The predicted molar refractivity (Wildman–Crippen MR) is 50.3 cm³/mol. The Morgan fingerprint density at radius 3 is 2.91 bits per heavy atom. The molecule has 0 bridgehead atoms. The van der Waals surface area contributed by atoms with Gasteiger partial charge in [0.1, 0.15) is 0 Å². The average Bonchev–Trinajstić information content (AvgIpc) is 2.48. The van der Waals surface area contributed by atoms with Crippen molar-refractivity contribution in [2.24, 2.45) is 0 Å². The molecular weight excluding hydrogens is 156 g/mol. The summed E-state index contributed by atoms with van der Waals surface area (Å²) in [7, 11) is 0. The van der Waals surface area contributed by atoms with E-state index in [9.17, 15) is 0 Å². The number of rotatable bonds is 4. The van der Waals surface area contributed by atoms with Crippen LogP contribution in [0.5, 0.6) is 0 Å². The summed E-state index contributed by atoms with van der Waals surface area (Å²) in [5, 5.41) is 6.42. The summed E-state index contributed by atoms with van der Waals surface area (Å²) in [6.45, 7) is 5.30. The fourth-order valence-electron chi connectivity index (χ4n) is 0.782. The van der Waals surface area contributed by atoms with Crippen LogP contribution in [0.15, 0.2) is 5.38 Å². The summed E-state index contributed by atoms with van der Waals surface area (Å²) in [5.41, 5.74) is 1.19. The molecule has 0 radical (unpaired) electrons. The van der Waals surface area contributed by atoms with Crippen LogP contribution in [0.1, 0.15) is 26.0 Å². The number of hydrogen-bond acceptors (Lipinski definition) is 3. The van der Waals surface area contributed by atoms with E-state index >= 15 is 0 Å². The van der Waals surface area contributed by atoms with Crippen LogP contribution in [0.2, 0.25) is 0 Å². The van der Waals surface area contributed by atoms with Crippen LogP contribution in [0, 0.1) is 0 Å². The minimum atomic E-state index is 1.02. The minimum Gasteiger partial charge on any atom is -0.362 e. The first-order valence-corrected chi connectivity index (χ1v) is 4.93. The van der Waals surface area contributed by atoms with Crippen molar-refractivity contribution in [3.05, 3.63) is 11.1 Å². The zero-order valence-corrected chi connectivity index (χ0v) is 7.87. The van der Waals surface area contributed by atoms with Crippen LogP contribution in [-0.2, 0) is 6.42 Å². The molecule has 0 fully saturated rings. The maximum atomic E-state index is 4.37. The molecule has 0 atom stereocenters. The zero-order valence-electron chi connectivity index (χ0n) is 7.05. The molecule has 0 aliphatic rings. The first-order valence-electron chi connectivity index (χ1n) is 4.05. The molecule has 0 amide bonds. The molecule has 11 heavy (non-hydrogen) atoms. The van der Waals surface area contributed by atoms with Crippen LogP contribution in [-0.4, -0.2) is 11.5 Å². The minimum absolute atomic E-state index is 1.02. The normalized spacial score (nSPS) is 10.0. The summed E-state index contributed by atoms with van der Waals surface area (Å²) >= 11 is 1.69. The summed E-state index contributed by atoms with van der Waals surface area (Å²) < 4.78 is 0. The van der Waals surface area contributed by atoms with Gasteiger partial charge in [0.2, 0.25) is 0 Å². The van der Waals surface area contributed by atoms with Crippen molar-refractivity contribution in [2.45, 2.75) is 26.7 Å². The second kappa shape index (κ2) is 4.34. The van der Waals surface area contributed by atoms with Crippen molar-refractivity contribution in [1.29, 1.82) is 0 Å². The van der Waals surface area contributed by atoms with Gasteiger partial charge in [0.15, 0.2) is 5.13 Å². The number of thiazole rings is 1. The molecule has 2 nitrogen and oxygen atoms in total. The highest BCUT2D eigenvalue weighted by atomic mass is 32.1. The van der Waals surface area contributed by atoms with E-state index in [1.807, 2.05) is 0 Å². The average molecular weight is 170 g/mol. The fraction of sp³-hybridized carbons (Fsp3) is 0.625. The maximum Gasteiger partial charge on any atom is 0.182 e. The van der Waals surface area contributed by atoms with Crippen molar-refractivity contribution < 1.29 is 0 Å². The predicted octanol–water partition coefficient (Wildman–Crippen LogP) is 2.53. The Bertz CT molecular complexity index is 208. The molecule has 1 rings (SSSR count). The highest BCUT2D eigenvalue weighted by molar-refractivity contribution is 7.13. The summed E-state index contributed by atoms with van der Waals surface area (Å²) in [5.74, 6) is 0. The maximum absolute atomic E-state index is 4.37. The van der Waals surface area contributed by atoms with Gasteiger partial charge in [0, 0.05) is 11.9 Å². The van der Waals surface area contributed by atoms with Crippen molar-refractivity contribution in [3.8, 4) is 0 Å². The van der Waals surface area contributed by atoms with Crippen molar-refractivity contribution in [2.75, 3.05) is 11.9 Å². The molecule has 1 N–H and O–H groups in total. The SMILES string of the molecule is CCCNc1nc(CC)cs1. The van der Waals surface area contributed by atoms with Crippen LogP contribution in [0.25, 0.3) is 0 Å². The van der Waals surface area contributed by atoms with E-state index in [0.717, 1.165) is 24.5 Å². The van der Waals surface area contributed by atoms with E-state index in [4.69, 9.17) is 0 Å². The van der Waals surface area contributed by atoms with E-state index in [1.54, 1.807) is 11.3 Å². The number of aromatic nitrogens is 1. The van der Waals surface area contributed by atoms with Crippen molar-refractivity contribution >= 4 is 16.5 Å². The Morgan fingerprint density at radius 1 is 1.55 bits per heavy atom. The zero-order chi connectivity index (χ0) is 8.10. The van der Waals surface area contributed by atoms with E-state index in [2.05, 4.69) is 29.5 Å². The lowest BCUT2D eigenvalue weighted by atomic mass is 10.4. The van der Waals surface area contributed by atoms with Crippen molar-refractivity contribution in [1.82, 2.24) is 4.98 Å². The smallest absolute Gasteiger partial charge is 0.182 e. The molecule has 0 saturated heterocycles. The number of nitrogens with one attached hydrogen (secondary N) is 1. The van der Waals surface area contributed by atoms with Gasteiger partial charge in [-0.2, -0.15) is 0 Å². The van der Waals surface area contributed by atoms with Gasteiger partial charge in [-0.15, -0.1) is 11.3 Å². The Balaban J connectivity index is 2.44. The van der Waals surface area contributed by atoms with Crippen LogP contribution >= 0.6 is 11.3 Å². The molecule has 0 saturated carbocycles.